The first-order chi connectivity index (χ1) is 21.2. The van der Waals surface area contributed by atoms with Gasteiger partial charge in [-0.15, -0.1) is 0 Å². The Bertz CT molecular complexity index is 1850. The molecule has 226 valence electrons. The molecule has 3 heterocycles. The number of amides is 1. The summed E-state index contributed by atoms with van der Waals surface area (Å²) in [6.07, 6.45) is 0.760. The van der Waals surface area contributed by atoms with Crippen LogP contribution in [0.5, 0.6) is 0 Å². The molecule has 0 N–H and O–H groups in total. The number of hydrogen-bond acceptors (Lipinski definition) is 9. The van der Waals surface area contributed by atoms with E-state index in [1.807, 2.05) is 53.4 Å². The van der Waals surface area contributed by atoms with Gasteiger partial charge in [0.2, 0.25) is 15.0 Å². The maximum Gasteiger partial charge on any atom is 0.410 e. The quantitative estimate of drug-likeness (QED) is 0.280. The molecule has 2 aliphatic rings. The predicted molar refractivity (Wildman–Crippen MR) is 165 cm³/mol. The molecule has 0 bridgehead atoms. The van der Waals surface area contributed by atoms with E-state index in [1.54, 1.807) is 4.90 Å². The molecular formula is C33H33N5O5S. The van der Waals surface area contributed by atoms with Crippen LogP contribution in [0.1, 0.15) is 40.5 Å². The highest BCUT2D eigenvalue weighted by atomic mass is 32.2. The third kappa shape index (κ3) is 5.96. The Kier molecular flexibility index (Phi) is 8.21. The van der Waals surface area contributed by atoms with Crippen molar-refractivity contribution in [2.75, 3.05) is 30.8 Å². The van der Waals surface area contributed by atoms with Crippen LogP contribution in [-0.4, -0.2) is 61.3 Å². The van der Waals surface area contributed by atoms with E-state index in [9.17, 15) is 18.5 Å². The van der Waals surface area contributed by atoms with E-state index in [2.05, 4.69) is 41.2 Å². The Morgan fingerprint density at radius 1 is 1.07 bits per heavy atom. The van der Waals surface area contributed by atoms with Gasteiger partial charge in [-0.05, 0) is 34.4 Å². The zero-order chi connectivity index (χ0) is 30.8. The van der Waals surface area contributed by atoms with Gasteiger partial charge in [0.1, 0.15) is 12.4 Å². The number of rotatable bonds is 6. The number of benzene rings is 3. The number of anilines is 1. The van der Waals surface area contributed by atoms with Crippen LogP contribution in [0.25, 0.3) is 10.8 Å². The molecule has 1 amide bonds. The number of nitriles is 1. The Morgan fingerprint density at radius 2 is 1.84 bits per heavy atom. The first kappa shape index (κ1) is 29.5. The van der Waals surface area contributed by atoms with Crippen molar-refractivity contribution in [3.63, 3.8) is 0 Å². The number of hydrogen-bond donors (Lipinski definition) is 0. The minimum atomic E-state index is -3.73. The average Bonchev–Trinajstić information content (AvgIpc) is 3.03. The highest BCUT2D eigenvalue weighted by Crippen LogP contribution is 2.38. The summed E-state index contributed by atoms with van der Waals surface area (Å²) >= 11 is 0. The number of ether oxygens (including phenoxy) is 2. The molecule has 0 radical (unpaired) electrons. The standard InChI is InChI=1S/C33H33N5O5S/c1-22-8-6-11-24-12-7-13-26(30(22)24)29-18-28-27(21-42-29)31(36-32(35-28)44(2,40)41)37-16-17-38(25(19-37)14-15-34)33(39)43-20-23-9-4-3-5-10-23/h3-13,25,29H,14,16-21H2,1-2H3/t25-,29?/m0/s1. The van der Waals surface area contributed by atoms with Crippen LogP contribution in [-0.2, 0) is 38.9 Å². The summed E-state index contributed by atoms with van der Waals surface area (Å²) in [4.78, 5) is 25.6. The second kappa shape index (κ2) is 12.2. The molecule has 3 aromatic carbocycles. The van der Waals surface area contributed by atoms with Crippen LogP contribution in [0.2, 0.25) is 0 Å². The first-order valence-corrected chi connectivity index (χ1v) is 16.4. The summed E-state index contributed by atoms with van der Waals surface area (Å²) in [6.45, 7) is 3.34. The minimum absolute atomic E-state index is 0.0855. The van der Waals surface area contributed by atoms with Crippen molar-refractivity contribution in [2.45, 2.75) is 50.3 Å². The number of sulfone groups is 1. The number of piperazine rings is 1. The van der Waals surface area contributed by atoms with Crippen LogP contribution in [0, 0.1) is 18.3 Å². The lowest BCUT2D eigenvalue weighted by Gasteiger charge is -2.41. The molecule has 0 saturated carbocycles. The van der Waals surface area contributed by atoms with E-state index in [4.69, 9.17) is 9.47 Å². The molecular weight excluding hydrogens is 578 g/mol. The summed E-state index contributed by atoms with van der Waals surface area (Å²) in [5.41, 5.74) is 4.38. The maximum absolute atomic E-state index is 13.1. The monoisotopic (exact) mass is 611 g/mol. The van der Waals surface area contributed by atoms with Crippen LogP contribution >= 0.6 is 0 Å². The van der Waals surface area contributed by atoms with Crippen LogP contribution in [0.15, 0.2) is 71.9 Å². The summed E-state index contributed by atoms with van der Waals surface area (Å²) < 4.78 is 37.5. The maximum atomic E-state index is 13.1. The second-order valence-corrected chi connectivity index (χ2v) is 13.2. The number of aryl methyl sites for hydroxylation is 1. The van der Waals surface area contributed by atoms with Crippen LogP contribution in [0.3, 0.4) is 0 Å². The molecule has 4 aromatic rings. The van der Waals surface area contributed by atoms with Crippen molar-refractivity contribution in [2.24, 2.45) is 0 Å². The molecule has 44 heavy (non-hydrogen) atoms. The van der Waals surface area contributed by atoms with Crippen molar-refractivity contribution in [3.8, 4) is 6.07 Å². The molecule has 1 fully saturated rings. The number of fused-ring (bicyclic) bond motifs is 2. The van der Waals surface area contributed by atoms with E-state index in [-0.39, 0.29) is 44.0 Å². The van der Waals surface area contributed by atoms with Gasteiger partial charge in [-0.2, -0.15) is 5.26 Å². The molecule has 0 aliphatic carbocycles. The van der Waals surface area contributed by atoms with E-state index < -0.39 is 22.0 Å². The number of carbonyl (C=O) groups excluding carboxylic acids is 1. The van der Waals surface area contributed by atoms with E-state index >= 15 is 0 Å². The van der Waals surface area contributed by atoms with Gasteiger partial charge < -0.3 is 19.3 Å². The van der Waals surface area contributed by atoms with E-state index in [1.165, 1.54) is 0 Å². The average molecular weight is 612 g/mol. The Morgan fingerprint density at radius 3 is 2.59 bits per heavy atom. The van der Waals surface area contributed by atoms with Crippen LogP contribution < -0.4 is 4.90 Å². The predicted octanol–water partition coefficient (Wildman–Crippen LogP) is 4.90. The molecule has 6 rings (SSSR count). The van der Waals surface area contributed by atoms with Gasteiger partial charge in [-0.25, -0.2) is 23.2 Å². The van der Waals surface area contributed by atoms with Crippen molar-refractivity contribution in [1.29, 1.82) is 5.26 Å². The Balaban J connectivity index is 1.29. The summed E-state index contributed by atoms with van der Waals surface area (Å²) in [5, 5.41) is 11.6. The van der Waals surface area contributed by atoms with Crippen molar-refractivity contribution < 1.29 is 22.7 Å². The zero-order valence-corrected chi connectivity index (χ0v) is 25.5. The highest BCUT2D eigenvalue weighted by Gasteiger charge is 2.36. The molecule has 2 aliphatic heterocycles. The molecule has 10 nitrogen and oxygen atoms in total. The third-order valence-electron chi connectivity index (χ3n) is 8.23. The Hall–Kier alpha value is -4.53. The summed E-state index contributed by atoms with van der Waals surface area (Å²) in [5.74, 6) is 0.461. The Labute approximate surface area is 256 Å². The summed E-state index contributed by atoms with van der Waals surface area (Å²) in [7, 11) is -3.73. The molecule has 1 saturated heterocycles. The summed E-state index contributed by atoms with van der Waals surface area (Å²) in [6, 6.07) is 23.4. The molecule has 2 atom stereocenters. The van der Waals surface area contributed by atoms with E-state index in [0.29, 0.717) is 24.5 Å². The topological polar surface area (TPSA) is 126 Å². The molecule has 11 heteroatoms. The van der Waals surface area contributed by atoms with Gasteiger partial charge in [0.15, 0.2) is 0 Å². The second-order valence-electron chi connectivity index (χ2n) is 11.2. The number of aromatic nitrogens is 2. The molecule has 1 aromatic heterocycles. The number of nitrogens with zero attached hydrogens (tertiary/aromatic N) is 5. The van der Waals surface area contributed by atoms with Gasteiger partial charge in [0.05, 0.1) is 36.9 Å². The number of carbonyl (C=O) groups is 1. The van der Waals surface area contributed by atoms with Crippen molar-refractivity contribution in [3.05, 3.63) is 94.7 Å². The fourth-order valence-electron chi connectivity index (χ4n) is 6.06. The zero-order valence-electron chi connectivity index (χ0n) is 24.6. The largest absolute Gasteiger partial charge is 0.445 e. The molecule has 1 unspecified atom stereocenters. The smallest absolute Gasteiger partial charge is 0.410 e. The lowest BCUT2D eigenvalue weighted by atomic mass is 9.92. The van der Waals surface area contributed by atoms with Gasteiger partial charge in [-0.3, -0.25) is 0 Å². The van der Waals surface area contributed by atoms with E-state index in [0.717, 1.165) is 39.3 Å². The highest BCUT2D eigenvalue weighted by molar-refractivity contribution is 7.90. The van der Waals surface area contributed by atoms with Gasteiger partial charge in [-0.1, -0.05) is 66.7 Å². The lowest BCUT2D eigenvalue weighted by Crippen LogP contribution is -2.55. The first-order valence-electron chi connectivity index (χ1n) is 14.5. The van der Waals surface area contributed by atoms with Gasteiger partial charge in [0, 0.05) is 37.9 Å². The lowest BCUT2D eigenvalue weighted by molar-refractivity contribution is 0.0264. The minimum Gasteiger partial charge on any atom is -0.445 e. The van der Waals surface area contributed by atoms with Gasteiger partial charge in [0.25, 0.3) is 0 Å². The fraction of sp³-hybridized carbons (Fsp3) is 0.333. The molecule has 0 spiro atoms. The third-order valence-corrected chi connectivity index (χ3v) is 9.08. The SMILES string of the molecule is Cc1cccc2cccc(C3Cc4nc(S(C)(=O)=O)nc(N5CCN(C(=O)OCc6ccccc6)[C@@H](CC#N)C5)c4CO3)c12. The fourth-order valence-corrected chi connectivity index (χ4v) is 6.59. The van der Waals surface area contributed by atoms with Crippen molar-refractivity contribution >= 4 is 32.5 Å². The van der Waals surface area contributed by atoms with Crippen molar-refractivity contribution in [1.82, 2.24) is 14.9 Å². The normalized spacial score (nSPS) is 18.5. The van der Waals surface area contributed by atoms with Gasteiger partial charge >= 0.3 is 6.09 Å². The van der Waals surface area contributed by atoms with Crippen LogP contribution in [0.4, 0.5) is 10.6 Å².